The molecule has 2 amide bonds. The van der Waals surface area contributed by atoms with Gasteiger partial charge >= 0.3 is 0 Å². The number of carbonyl (C=O) groups excluding carboxylic acids is 2. The zero-order valence-electron chi connectivity index (χ0n) is 12.0. The highest BCUT2D eigenvalue weighted by Gasteiger charge is 2.36. The third-order valence-corrected chi connectivity index (χ3v) is 4.23. The minimum Gasteiger partial charge on any atom is -0.394 e. The van der Waals surface area contributed by atoms with Gasteiger partial charge in [-0.25, -0.2) is 0 Å². The molecule has 6 heteroatoms. The third-order valence-electron chi connectivity index (χ3n) is 4.23. The van der Waals surface area contributed by atoms with E-state index in [9.17, 15) is 19.8 Å². The second kappa shape index (κ2) is 6.10. The Morgan fingerprint density at radius 1 is 1.10 bits per heavy atom. The largest absolute Gasteiger partial charge is 0.394 e. The Balaban J connectivity index is 1.80. The van der Waals surface area contributed by atoms with Crippen LogP contribution in [-0.2, 0) is 9.59 Å². The van der Waals surface area contributed by atoms with E-state index in [4.69, 9.17) is 0 Å². The van der Waals surface area contributed by atoms with Crippen LogP contribution in [0.5, 0.6) is 0 Å². The molecule has 6 nitrogen and oxygen atoms in total. The lowest BCUT2D eigenvalue weighted by Crippen LogP contribution is -2.54. The van der Waals surface area contributed by atoms with Crippen LogP contribution in [0.15, 0.2) is 0 Å². The highest BCUT2D eigenvalue weighted by molar-refractivity contribution is 5.82. The van der Waals surface area contributed by atoms with Crippen LogP contribution in [0.1, 0.15) is 32.6 Å². The molecular weight excluding hydrogens is 260 g/mol. The Labute approximate surface area is 119 Å². The highest BCUT2D eigenvalue weighted by Crippen LogP contribution is 2.32. The van der Waals surface area contributed by atoms with Gasteiger partial charge in [0.05, 0.1) is 18.8 Å². The molecule has 0 atom stereocenters. The number of piperidine rings is 1. The number of nitrogens with one attached hydrogen (secondary N) is 1. The molecule has 2 rings (SSSR count). The number of nitrogens with zero attached hydrogens (tertiary/aromatic N) is 1. The van der Waals surface area contributed by atoms with Crippen molar-refractivity contribution < 1.29 is 19.8 Å². The molecule has 1 saturated carbocycles. The van der Waals surface area contributed by atoms with Gasteiger partial charge in [0.1, 0.15) is 0 Å². The first-order valence-electron chi connectivity index (χ1n) is 7.31. The number of hydrogen-bond acceptors (Lipinski definition) is 4. The van der Waals surface area contributed by atoms with Crippen molar-refractivity contribution in [2.24, 2.45) is 11.8 Å². The second-order valence-corrected chi connectivity index (χ2v) is 6.24. The summed E-state index contributed by atoms with van der Waals surface area (Å²) in [5, 5.41) is 21.1. The van der Waals surface area contributed by atoms with E-state index < -0.39 is 5.54 Å². The maximum atomic E-state index is 12.1. The van der Waals surface area contributed by atoms with Crippen LogP contribution < -0.4 is 5.32 Å². The molecule has 20 heavy (non-hydrogen) atoms. The van der Waals surface area contributed by atoms with Gasteiger partial charge in [0.25, 0.3) is 0 Å². The predicted octanol–water partition coefficient (Wildman–Crippen LogP) is -0.505. The molecule has 0 radical (unpaired) electrons. The van der Waals surface area contributed by atoms with E-state index in [1.165, 1.54) is 0 Å². The van der Waals surface area contributed by atoms with Crippen molar-refractivity contribution in [2.75, 3.05) is 26.3 Å². The first-order valence-corrected chi connectivity index (χ1v) is 7.31. The monoisotopic (exact) mass is 284 g/mol. The molecule has 0 spiro atoms. The molecule has 1 aliphatic heterocycles. The van der Waals surface area contributed by atoms with E-state index in [0.717, 1.165) is 12.8 Å². The Morgan fingerprint density at radius 3 is 2.10 bits per heavy atom. The summed E-state index contributed by atoms with van der Waals surface area (Å²) in [6, 6.07) is 0. The molecule has 0 aromatic rings. The van der Waals surface area contributed by atoms with Crippen LogP contribution in [-0.4, -0.2) is 58.8 Å². The Kier molecular flexibility index (Phi) is 4.65. The topological polar surface area (TPSA) is 89.9 Å². The summed E-state index contributed by atoms with van der Waals surface area (Å²) in [7, 11) is 0. The Bertz CT molecular complexity index is 369. The first-order chi connectivity index (χ1) is 9.49. The zero-order chi connectivity index (χ0) is 14.8. The lowest BCUT2D eigenvalue weighted by molar-refractivity contribution is -0.137. The number of likely N-dealkylation sites (tertiary alicyclic amines) is 1. The molecule has 2 aliphatic rings. The lowest BCUT2D eigenvalue weighted by atomic mass is 9.94. The van der Waals surface area contributed by atoms with Gasteiger partial charge in [-0.05, 0) is 32.6 Å². The normalized spacial score (nSPS) is 20.9. The standard InChI is InChI=1S/C14H24N2O4/c1-14(8-17,9-18)15-12(19)10-4-6-16(7-5-10)13(20)11-2-3-11/h10-11,17-18H,2-9H2,1H3,(H,15,19). The summed E-state index contributed by atoms with van der Waals surface area (Å²) in [5.41, 5.74) is -0.974. The van der Waals surface area contributed by atoms with E-state index >= 15 is 0 Å². The van der Waals surface area contributed by atoms with Crippen LogP contribution in [0.4, 0.5) is 0 Å². The van der Waals surface area contributed by atoms with Gasteiger partial charge in [-0.1, -0.05) is 0 Å². The number of carbonyl (C=O) groups is 2. The predicted molar refractivity (Wildman–Crippen MR) is 72.7 cm³/mol. The van der Waals surface area contributed by atoms with Gasteiger partial charge in [-0.3, -0.25) is 9.59 Å². The molecule has 0 aromatic carbocycles. The van der Waals surface area contributed by atoms with Crippen LogP contribution in [0.25, 0.3) is 0 Å². The van der Waals surface area contributed by atoms with Crippen molar-refractivity contribution in [3.05, 3.63) is 0 Å². The third kappa shape index (κ3) is 3.49. The van der Waals surface area contributed by atoms with E-state index in [1.807, 2.05) is 4.90 Å². The fourth-order valence-electron chi connectivity index (χ4n) is 2.48. The van der Waals surface area contributed by atoms with Crippen molar-refractivity contribution in [3.8, 4) is 0 Å². The number of amides is 2. The van der Waals surface area contributed by atoms with Crippen molar-refractivity contribution in [1.29, 1.82) is 0 Å². The number of aliphatic hydroxyl groups is 2. The lowest BCUT2D eigenvalue weighted by Gasteiger charge is -2.34. The zero-order valence-corrected chi connectivity index (χ0v) is 12.0. The smallest absolute Gasteiger partial charge is 0.225 e. The van der Waals surface area contributed by atoms with Crippen molar-refractivity contribution in [3.63, 3.8) is 0 Å². The van der Waals surface area contributed by atoms with Gasteiger partial charge in [-0.15, -0.1) is 0 Å². The molecule has 1 aliphatic carbocycles. The number of aliphatic hydroxyl groups excluding tert-OH is 2. The summed E-state index contributed by atoms with van der Waals surface area (Å²) < 4.78 is 0. The maximum absolute atomic E-state index is 12.1. The molecule has 3 N–H and O–H groups in total. The number of rotatable bonds is 5. The summed E-state index contributed by atoms with van der Waals surface area (Å²) in [5.74, 6) is 0.177. The minimum atomic E-state index is -0.974. The molecule has 0 bridgehead atoms. The van der Waals surface area contributed by atoms with Gasteiger partial charge < -0.3 is 20.4 Å². The number of hydrogen-bond donors (Lipinski definition) is 3. The van der Waals surface area contributed by atoms with Crippen molar-refractivity contribution in [1.82, 2.24) is 10.2 Å². The molecule has 2 fully saturated rings. The average molecular weight is 284 g/mol. The summed E-state index contributed by atoms with van der Waals surface area (Å²) >= 11 is 0. The fourth-order valence-corrected chi connectivity index (χ4v) is 2.48. The molecule has 0 aromatic heterocycles. The van der Waals surface area contributed by atoms with E-state index in [1.54, 1.807) is 6.92 Å². The van der Waals surface area contributed by atoms with Gasteiger partial charge in [0.15, 0.2) is 0 Å². The summed E-state index contributed by atoms with van der Waals surface area (Å²) in [4.78, 5) is 25.9. The van der Waals surface area contributed by atoms with Crippen LogP contribution >= 0.6 is 0 Å². The first kappa shape index (κ1) is 15.3. The van der Waals surface area contributed by atoms with Crippen molar-refractivity contribution >= 4 is 11.8 Å². The minimum absolute atomic E-state index is 0.143. The summed E-state index contributed by atoms with van der Waals surface area (Å²) in [6.07, 6.45) is 3.31. The molecule has 1 heterocycles. The molecular formula is C14H24N2O4. The average Bonchev–Trinajstić information content (AvgIpc) is 3.31. The second-order valence-electron chi connectivity index (χ2n) is 6.24. The quantitative estimate of drug-likeness (QED) is 0.634. The van der Waals surface area contributed by atoms with Crippen LogP contribution in [0.3, 0.4) is 0 Å². The van der Waals surface area contributed by atoms with E-state index in [2.05, 4.69) is 5.32 Å². The molecule has 0 unspecified atom stereocenters. The highest BCUT2D eigenvalue weighted by atomic mass is 16.3. The Hall–Kier alpha value is -1.14. The van der Waals surface area contributed by atoms with Gasteiger partial charge in [0, 0.05) is 24.9 Å². The Morgan fingerprint density at radius 2 is 1.65 bits per heavy atom. The fraction of sp³-hybridized carbons (Fsp3) is 0.857. The van der Waals surface area contributed by atoms with Crippen LogP contribution in [0.2, 0.25) is 0 Å². The molecule has 1 saturated heterocycles. The summed E-state index contributed by atoms with van der Waals surface area (Å²) in [6.45, 7) is 2.27. The van der Waals surface area contributed by atoms with E-state index in [0.29, 0.717) is 25.9 Å². The maximum Gasteiger partial charge on any atom is 0.225 e. The SMILES string of the molecule is CC(CO)(CO)NC(=O)C1CCN(C(=O)C2CC2)CC1. The van der Waals surface area contributed by atoms with Gasteiger partial charge in [-0.2, -0.15) is 0 Å². The van der Waals surface area contributed by atoms with Crippen LogP contribution in [0, 0.1) is 11.8 Å². The van der Waals surface area contributed by atoms with Crippen molar-refractivity contribution in [2.45, 2.75) is 38.1 Å². The molecule has 114 valence electrons. The van der Waals surface area contributed by atoms with Gasteiger partial charge in [0.2, 0.25) is 11.8 Å². The van der Waals surface area contributed by atoms with E-state index in [-0.39, 0.29) is 36.9 Å².